The predicted molar refractivity (Wildman–Crippen MR) is 136 cm³/mol. The number of carbonyl (C=O) groups excluding carboxylic acids is 5. The lowest BCUT2D eigenvalue weighted by Gasteiger charge is -2.30. The molecule has 0 aliphatic carbocycles. The number of hydrogen-bond donors (Lipinski definition) is 2. The molecule has 13 heteroatoms. The predicted octanol–water partition coefficient (Wildman–Crippen LogP) is 1.27. The molecule has 0 aromatic heterocycles. The normalized spacial score (nSPS) is 19.1. The molecule has 0 saturated carbocycles. The molecule has 0 radical (unpaired) electrons. The number of primary amides is 1. The molecular weight excluding hydrogens is 513 g/mol. The molecule has 2 heterocycles. The summed E-state index contributed by atoms with van der Waals surface area (Å²) in [6.45, 7) is 8.10. The van der Waals surface area contributed by atoms with Gasteiger partial charge in [-0.2, -0.15) is 0 Å². The van der Waals surface area contributed by atoms with Crippen LogP contribution in [-0.2, 0) is 36.9 Å². The van der Waals surface area contributed by atoms with Gasteiger partial charge in [-0.3, -0.25) is 19.3 Å². The molecule has 12 nitrogen and oxygen atoms in total. The Bertz CT molecular complexity index is 1170. The smallest absolute Gasteiger partial charge is 0.410 e. The minimum absolute atomic E-state index is 0.0288. The lowest BCUT2D eigenvalue weighted by atomic mass is 10.1. The summed E-state index contributed by atoms with van der Waals surface area (Å²) in [4.78, 5) is 66.8. The second kappa shape index (κ2) is 11.7. The highest BCUT2D eigenvalue weighted by Crippen LogP contribution is 2.28. The van der Waals surface area contributed by atoms with E-state index in [2.05, 4.69) is 11.9 Å². The van der Waals surface area contributed by atoms with E-state index in [4.69, 9.17) is 15.2 Å². The molecule has 3 N–H and O–H groups in total. The number of nitrogens with zero attached hydrogens (tertiary/aromatic N) is 3. The Hall–Kier alpha value is -4.16. The molecule has 212 valence electrons. The molecular formula is C26H34FN5O7. The van der Waals surface area contributed by atoms with Gasteiger partial charge in [0.2, 0.25) is 17.7 Å². The zero-order valence-electron chi connectivity index (χ0n) is 22.4. The zero-order valence-corrected chi connectivity index (χ0v) is 22.4. The van der Waals surface area contributed by atoms with Crippen LogP contribution >= 0.6 is 0 Å². The Morgan fingerprint density at radius 2 is 1.95 bits per heavy atom. The maximum Gasteiger partial charge on any atom is 0.410 e. The van der Waals surface area contributed by atoms with Crippen LogP contribution in [0, 0.1) is 5.82 Å². The monoisotopic (exact) mass is 547 g/mol. The number of amides is 5. The van der Waals surface area contributed by atoms with Crippen molar-refractivity contribution in [3.05, 3.63) is 47.8 Å². The number of rotatable bonds is 7. The number of ether oxygens (including phenoxy) is 2. The van der Waals surface area contributed by atoms with Crippen LogP contribution < -0.4 is 11.1 Å². The summed E-state index contributed by atoms with van der Waals surface area (Å²) >= 11 is 0. The van der Waals surface area contributed by atoms with E-state index in [9.17, 15) is 28.4 Å². The van der Waals surface area contributed by atoms with Gasteiger partial charge in [0.05, 0.1) is 19.6 Å². The van der Waals surface area contributed by atoms with Gasteiger partial charge in [-0.1, -0.05) is 18.7 Å². The van der Waals surface area contributed by atoms with Crippen molar-refractivity contribution in [2.24, 2.45) is 5.73 Å². The Kier molecular flexibility index (Phi) is 8.82. The van der Waals surface area contributed by atoms with Crippen molar-refractivity contribution in [2.45, 2.75) is 64.1 Å². The van der Waals surface area contributed by atoms with Crippen LogP contribution in [-0.4, -0.2) is 88.5 Å². The van der Waals surface area contributed by atoms with Crippen molar-refractivity contribution in [1.29, 1.82) is 0 Å². The summed E-state index contributed by atoms with van der Waals surface area (Å²) in [5, 5.41) is 2.45. The SMILES string of the molecule is C=CC(=O)N(C)C[C@H](NC(=O)OC(C)(C)C)C(=O)N1CC(OC(=O)N2Cc3cccc(F)c3C2)CC1C(N)=O. The molecule has 1 fully saturated rings. The number of carbonyl (C=O) groups is 5. The fourth-order valence-electron chi connectivity index (χ4n) is 4.48. The summed E-state index contributed by atoms with van der Waals surface area (Å²) < 4.78 is 24.9. The zero-order chi connectivity index (χ0) is 29.1. The third-order valence-electron chi connectivity index (χ3n) is 6.32. The lowest BCUT2D eigenvalue weighted by molar-refractivity contribution is -0.140. The van der Waals surface area contributed by atoms with Gasteiger partial charge in [-0.15, -0.1) is 0 Å². The van der Waals surface area contributed by atoms with Crippen molar-refractivity contribution < 1.29 is 37.8 Å². The van der Waals surface area contributed by atoms with E-state index in [1.54, 1.807) is 32.9 Å². The third kappa shape index (κ3) is 7.24. The topological polar surface area (TPSA) is 152 Å². The number of benzene rings is 1. The van der Waals surface area contributed by atoms with Gasteiger partial charge in [0.1, 0.15) is 29.6 Å². The van der Waals surface area contributed by atoms with E-state index in [1.807, 2.05) is 0 Å². The largest absolute Gasteiger partial charge is 0.444 e. The van der Waals surface area contributed by atoms with Crippen LogP contribution in [0.2, 0.25) is 0 Å². The molecule has 3 atom stereocenters. The molecule has 5 amide bonds. The lowest BCUT2D eigenvalue weighted by Crippen LogP contribution is -2.57. The molecule has 39 heavy (non-hydrogen) atoms. The molecule has 2 aliphatic heterocycles. The van der Waals surface area contributed by atoms with Crippen molar-refractivity contribution in [3.63, 3.8) is 0 Å². The number of hydrogen-bond acceptors (Lipinski definition) is 7. The molecule has 2 aliphatic rings. The van der Waals surface area contributed by atoms with E-state index in [0.717, 1.165) is 11.0 Å². The number of nitrogens with two attached hydrogens (primary N) is 1. The fraction of sp³-hybridized carbons (Fsp3) is 0.500. The minimum atomic E-state index is -1.30. The van der Waals surface area contributed by atoms with Gasteiger partial charge < -0.3 is 30.3 Å². The average molecular weight is 548 g/mol. The van der Waals surface area contributed by atoms with Crippen LogP contribution in [0.5, 0.6) is 0 Å². The van der Waals surface area contributed by atoms with Crippen LogP contribution in [0.4, 0.5) is 14.0 Å². The molecule has 0 bridgehead atoms. The average Bonchev–Trinajstić information content (AvgIpc) is 3.47. The van der Waals surface area contributed by atoms with E-state index in [-0.39, 0.29) is 32.6 Å². The highest BCUT2D eigenvalue weighted by molar-refractivity contribution is 5.93. The van der Waals surface area contributed by atoms with E-state index in [0.29, 0.717) is 11.1 Å². The second-order valence-electron chi connectivity index (χ2n) is 10.5. The molecule has 1 aromatic carbocycles. The van der Waals surface area contributed by atoms with E-state index >= 15 is 0 Å². The van der Waals surface area contributed by atoms with Gasteiger partial charge >= 0.3 is 12.2 Å². The number of fused-ring (bicyclic) bond motifs is 1. The first-order chi connectivity index (χ1) is 18.2. The van der Waals surface area contributed by atoms with Gasteiger partial charge in [-0.05, 0) is 38.5 Å². The maximum atomic E-state index is 14.1. The Morgan fingerprint density at radius 3 is 2.54 bits per heavy atom. The van der Waals surface area contributed by atoms with Gasteiger partial charge in [-0.25, -0.2) is 14.0 Å². The van der Waals surface area contributed by atoms with E-state index < -0.39 is 59.5 Å². The van der Waals surface area contributed by atoms with Crippen LogP contribution in [0.25, 0.3) is 0 Å². The summed E-state index contributed by atoms with van der Waals surface area (Å²) in [7, 11) is 1.41. The highest BCUT2D eigenvalue weighted by atomic mass is 19.1. The number of alkyl carbamates (subject to hydrolysis) is 1. The van der Waals surface area contributed by atoms with E-state index in [1.165, 1.54) is 22.9 Å². The summed E-state index contributed by atoms with van der Waals surface area (Å²) in [5.41, 5.74) is 5.77. The van der Waals surface area contributed by atoms with Crippen molar-refractivity contribution in [2.75, 3.05) is 20.1 Å². The first kappa shape index (κ1) is 29.4. The summed E-state index contributed by atoms with van der Waals surface area (Å²) in [6.07, 6.45) is -1.54. The highest BCUT2D eigenvalue weighted by Gasteiger charge is 2.44. The van der Waals surface area contributed by atoms with Crippen LogP contribution in [0.15, 0.2) is 30.9 Å². The Morgan fingerprint density at radius 1 is 1.26 bits per heavy atom. The number of likely N-dealkylation sites (N-methyl/N-ethyl adjacent to an activating group) is 1. The Balaban J connectivity index is 1.73. The molecule has 1 saturated heterocycles. The standard InChI is InChI=1S/C26H34FN5O7/c1-6-21(33)30(5)14-19(29-24(36)39-26(2,3)4)23(35)32-12-16(10-20(32)22(28)34)38-25(37)31-11-15-8-7-9-18(27)17(15)13-31/h6-9,16,19-20H,1,10-14H2,2-5H3,(H2,28,34)(H,29,36)/t16?,19-,20?/m0/s1. The number of likely N-dealkylation sites (tertiary alicyclic amines) is 1. The van der Waals surface area contributed by atoms with Gasteiger partial charge in [0, 0.05) is 25.6 Å². The first-order valence-electron chi connectivity index (χ1n) is 12.4. The third-order valence-corrected chi connectivity index (χ3v) is 6.32. The second-order valence-corrected chi connectivity index (χ2v) is 10.5. The van der Waals surface area contributed by atoms with Gasteiger partial charge in [0.25, 0.3) is 0 Å². The quantitative estimate of drug-likeness (QED) is 0.488. The molecule has 1 aromatic rings. The number of halogens is 1. The maximum absolute atomic E-state index is 14.1. The minimum Gasteiger partial charge on any atom is -0.444 e. The van der Waals surface area contributed by atoms with Crippen LogP contribution in [0.3, 0.4) is 0 Å². The Labute approximate surface area is 225 Å². The fourth-order valence-corrected chi connectivity index (χ4v) is 4.48. The van der Waals surface area contributed by atoms with Crippen molar-refractivity contribution >= 4 is 29.9 Å². The molecule has 3 rings (SSSR count). The summed E-state index contributed by atoms with van der Waals surface area (Å²) in [6, 6.07) is 2.15. The summed E-state index contributed by atoms with van der Waals surface area (Å²) in [5.74, 6) is -2.47. The first-order valence-corrected chi connectivity index (χ1v) is 12.4. The number of nitrogens with one attached hydrogen (secondary N) is 1. The van der Waals surface area contributed by atoms with Crippen molar-refractivity contribution in [1.82, 2.24) is 20.0 Å². The molecule has 0 spiro atoms. The van der Waals surface area contributed by atoms with Gasteiger partial charge in [0.15, 0.2) is 0 Å². The molecule has 2 unspecified atom stereocenters. The van der Waals surface area contributed by atoms with Crippen LogP contribution in [0.1, 0.15) is 38.3 Å². The van der Waals surface area contributed by atoms with Crippen molar-refractivity contribution in [3.8, 4) is 0 Å².